The molecule has 3 rings (SSSR count). The highest BCUT2D eigenvalue weighted by atomic mass is 35.5. The van der Waals surface area contributed by atoms with Gasteiger partial charge in [0.05, 0.1) is 11.9 Å². The molecule has 0 spiro atoms. The zero-order chi connectivity index (χ0) is 13.9. The van der Waals surface area contributed by atoms with E-state index in [1.165, 1.54) is 6.42 Å². The van der Waals surface area contributed by atoms with Gasteiger partial charge in [-0.05, 0) is 30.9 Å². The Kier molecular flexibility index (Phi) is 3.68. The SMILES string of the molecule is Cn1cc(Nc2nc(Cl)nc(N3CCCCC3)n2)cn1. The molecule has 7 nitrogen and oxygen atoms in total. The molecule has 106 valence electrons. The summed E-state index contributed by atoms with van der Waals surface area (Å²) >= 11 is 5.99. The Hall–Kier alpha value is -1.89. The number of hydrogen-bond donors (Lipinski definition) is 1. The van der Waals surface area contributed by atoms with Crippen molar-refractivity contribution < 1.29 is 0 Å². The van der Waals surface area contributed by atoms with E-state index in [1.54, 1.807) is 10.9 Å². The maximum atomic E-state index is 5.99. The first-order valence-electron chi connectivity index (χ1n) is 6.63. The highest BCUT2D eigenvalue weighted by Gasteiger charge is 2.15. The number of rotatable bonds is 3. The standard InChI is InChI=1S/C12H16ClN7/c1-19-8-9(7-14-19)15-11-16-10(13)17-12(18-11)20-5-3-2-4-6-20/h7-8H,2-6H2,1H3,(H,15,16,17,18). The third-order valence-corrected chi connectivity index (χ3v) is 3.37. The molecule has 20 heavy (non-hydrogen) atoms. The lowest BCUT2D eigenvalue weighted by molar-refractivity contribution is 0.567. The summed E-state index contributed by atoms with van der Waals surface area (Å²) < 4.78 is 1.71. The van der Waals surface area contributed by atoms with E-state index in [2.05, 4.69) is 30.3 Å². The molecular formula is C12H16ClN7. The van der Waals surface area contributed by atoms with Gasteiger partial charge in [0, 0.05) is 26.3 Å². The van der Waals surface area contributed by atoms with Crippen molar-refractivity contribution in [3.8, 4) is 0 Å². The van der Waals surface area contributed by atoms with Gasteiger partial charge in [-0.15, -0.1) is 0 Å². The average molecular weight is 294 g/mol. The van der Waals surface area contributed by atoms with Gasteiger partial charge in [0.25, 0.3) is 0 Å². The Labute approximate surface area is 122 Å². The normalized spacial score (nSPS) is 15.4. The van der Waals surface area contributed by atoms with Crippen LogP contribution in [-0.2, 0) is 7.05 Å². The summed E-state index contributed by atoms with van der Waals surface area (Å²) in [5.41, 5.74) is 0.819. The lowest BCUT2D eigenvalue weighted by Crippen LogP contribution is -2.31. The molecule has 0 atom stereocenters. The summed E-state index contributed by atoms with van der Waals surface area (Å²) in [5, 5.41) is 7.38. The van der Waals surface area contributed by atoms with Gasteiger partial charge in [-0.2, -0.15) is 20.1 Å². The van der Waals surface area contributed by atoms with E-state index >= 15 is 0 Å². The van der Waals surface area contributed by atoms with Crippen molar-refractivity contribution >= 4 is 29.2 Å². The molecular weight excluding hydrogens is 278 g/mol. The van der Waals surface area contributed by atoms with E-state index in [4.69, 9.17) is 11.6 Å². The topological polar surface area (TPSA) is 71.8 Å². The predicted molar refractivity (Wildman–Crippen MR) is 77.4 cm³/mol. The fraction of sp³-hybridized carbons (Fsp3) is 0.500. The molecule has 1 saturated heterocycles. The molecule has 2 aromatic rings. The lowest BCUT2D eigenvalue weighted by atomic mass is 10.1. The molecule has 2 aromatic heterocycles. The zero-order valence-corrected chi connectivity index (χ0v) is 12.0. The number of aryl methyl sites for hydroxylation is 1. The van der Waals surface area contributed by atoms with Crippen molar-refractivity contribution in [2.24, 2.45) is 7.05 Å². The van der Waals surface area contributed by atoms with Crippen LogP contribution in [0.25, 0.3) is 0 Å². The highest BCUT2D eigenvalue weighted by Crippen LogP contribution is 2.20. The summed E-state index contributed by atoms with van der Waals surface area (Å²) in [6.07, 6.45) is 7.13. The van der Waals surface area contributed by atoms with Crippen LogP contribution in [0, 0.1) is 0 Å². The number of hydrogen-bond acceptors (Lipinski definition) is 6. The van der Waals surface area contributed by atoms with Crippen molar-refractivity contribution in [2.75, 3.05) is 23.3 Å². The maximum absolute atomic E-state index is 5.99. The van der Waals surface area contributed by atoms with Gasteiger partial charge in [-0.25, -0.2) is 0 Å². The van der Waals surface area contributed by atoms with Gasteiger partial charge >= 0.3 is 0 Å². The Morgan fingerprint density at radius 3 is 2.65 bits per heavy atom. The first-order valence-corrected chi connectivity index (χ1v) is 7.01. The van der Waals surface area contributed by atoms with E-state index in [1.807, 2.05) is 13.2 Å². The van der Waals surface area contributed by atoms with Gasteiger partial charge in [-0.3, -0.25) is 4.68 Å². The molecule has 1 aliphatic rings. The second-order valence-corrected chi connectivity index (χ2v) is 5.14. The maximum Gasteiger partial charge on any atom is 0.233 e. The van der Waals surface area contributed by atoms with Crippen LogP contribution in [0.5, 0.6) is 0 Å². The van der Waals surface area contributed by atoms with Crippen molar-refractivity contribution in [2.45, 2.75) is 19.3 Å². The number of aromatic nitrogens is 5. The minimum Gasteiger partial charge on any atom is -0.341 e. The molecule has 0 saturated carbocycles. The Balaban J connectivity index is 1.82. The van der Waals surface area contributed by atoms with Crippen LogP contribution < -0.4 is 10.2 Å². The van der Waals surface area contributed by atoms with Crippen LogP contribution in [-0.4, -0.2) is 37.8 Å². The van der Waals surface area contributed by atoms with E-state index in [0.29, 0.717) is 11.9 Å². The molecule has 0 radical (unpaired) electrons. The molecule has 3 heterocycles. The van der Waals surface area contributed by atoms with Crippen LogP contribution in [0.4, 0.5) is 17.6 Å². The molecule has 1 N–H and O–H groups in total. The highest BCUT2D eigenvalue weighted by molar-refractivity contribution is 6.28. The number of anilines is 3. The summed E-state index contributed by atoms with van der Waals surface area (Å²) in [6.45, 7) is 1.93. The summed E-state index contributed by atoms with van der Waals surface area (Å²) in [7, 11) is 1.85. The van der Waals surface area contributed by atoms with Gasteiger partial charge < -0.3 is 10.2 Å². The first-order chi connectivity index (χ1) is 9.70. The monoisotopic (exact) mass is 293 g/mol. The number of nitrogens with zero attached hydrogens (tertiary/aromatic N) is 6. The zero-order valence-electron chi connectivity index (χ0n) is 11.3. The largest absolute Gasteiger partial charge is 0.341 e. The number of nitrogens with one attached hydrogen (secondary N) is 1. The third kappa shape index (κ3) is 2.98. The van der Waals surface area contributed by atoms with Gasteiger partial charge in [0.2, 0.25) is 17.2 Å². The Morgan fingerprint density at radius 2 is 1.95 bits per heavy atom. The van der Waals surface area contributed by atoms with E-state index in [-0.39, 0.29) is 5.28 Å². The van der Waals surface area contributed by atoms with Crippen LogP contribution in [0.2, 0.25) is 5.28 Å². The molecule has 0 aliphatic carbocycles. The van der Waals surface area contributed by atoms with E-state index < -0.39 is 0 Å². The van der Waals surface area contributed by atoms with Crippen molar-refractivity contribution in [3.63, 3.8) is 0 Å². The van der Waals surface area contributed by atoms with Gasteiger partial charge in [0.15, 0.2) is 0 Å². The summed E-state index contributed by atoms with van der Waals surface area (Å²) in [5.74, 6) is 1.08. The minimum atomic E-state index is 0.201. The number of piperidine rings is 1. The summed E-state index contributed by atoms with van der Waals surface area (Å²) in [6, 6.07) is 0. The molecule has 0 amide bonds. The minimum absolute atomic E-state index is 0.201. The van der Waals surface area contributed by atoms with Crippen LogP contribution in [0.15, 0.2) is 12.4 Å². The quantitative estimate of drug-likeness (QED) is 0.933. The predicted octanol–water partition coefficient (Wildman–Crippen LogP) is 1.99. The van der Waals surface area contributed by atoms with Crippen molar-refractivity contribution in [1.29, 1.82) is 0 Å². The second-order valence-electron chi connectivity index (χ2n) is 4.80. The van der Waals surface area contributed by atoms with Gasteiger partial charge in [0.1, 0.15) is 0 Å². The van der Waals surface area contributed by atoms with Crippen molar-refractivity contribution in [1.82, 2.24) is 24.7 Å². The Morgan fingerprint density at radius 1 is 1.15 bits per heavy atom. The number of halogens is 1. The second kappa shape index (κ2) is 5.62. The molecule has 0 unspecified atom stereocenters. The van der Waals surface area contributed by atoms with Crippen molar-refractivity contribution in [3.05, 3.63) is 17.7 Å². The van der Waals surface area contributed by atoms with Crippen LogP contribution in [0.1, 0.15) is 19.3 Å². The molecule has 1 aliphatic heterocycles. The fourth-order valence-corrected chi connectivity index (χ4v) is 2.40. The van der Waals surface area contributed by atoms with E-state index in [9.17, 15) is 0 Å². The van der Waals surface area contributed by atoms with E-state index in [0.717, 1.165) is 31.6 Å². The van der Waals surface area contributed by atoms with Crippen LogP contribution in [0.3, 0.4) is 0 Å². The van der Waals surface area contributed by atoms with Crippen LogP contribution >= 0.6 is 11.6 Å². The fourth-order valence-electron chi connectivity index (χ4n) is 2.25. The average Bonchev–Trinajstić information content (AvgIpc) is 2.84. The molecule has 8 heteroatoms. The Bertz CT molecular complexity index is 591. The van der Waals surface area contributed by atoms with Gasteiger partial charge in [-0.1, -0.05) is 0 Å². The molecule has 0 aromatic carbocycles. The first kappa shape index (κ1) is 13.1. The lowest BCUT2D eigenvalue weighted by Gasteiger charge is -2.26. The summed E-state index contributed by atoms with van der Waals surface area (Å²) in [4.78, 5) is 14.9. The third-order valence-electron chi connectivity index (χ3n) is 3.20. The molecule has 1 fully saturated rings. The molecule has 0 bridgehead atoms. The smallest absolute Gasteiger partial charge is 0.233 e.